The van der Waals surface area contributed by atoms with Crippen molar-refractivity contribution in [1.82, 2.24) is 9.78 Å². The SMILES string of the molecule is Cc1ccccc1COc1ccccc1[C@H]1SCC(=O)Nc2c1cnn2C. The van der Waals surface area contributed by atoms with Crippen LogP contribution in [-0.4, -0.2) is 21.4 Å². The summed E-state index contributed by atoms with van der Waals surface area (Å²) in [6.07, 6.45) is 1.83. The van der Waals surface area contributed by atoms with E-state index in [4.69, 9.17) is 4.74 Å². The fraction of sp³-hybridized carbons (Fsp3) is 0.238. The van der Waals surface area contributed by atoms with Crippen LogP contribution in [0.2, 0.25) is 0 Å². The molecule has 1 aromatic heterocycles. The third-order valence-electron chi connectivity index (χ3n) is 4.73. The van der Waals surface area contributed by atoms with Crippen LogP contribution in [0.5, 0.6) is 5.75 Å². The number of ether oxygens (including phenoxy) is 1. The molecule has 138 valence electrons. The van der Waals surface area contributed by atoms with E-state index in [1.54, 1.807) is 16.4 Å². The Bertz CT molecular complexity index is 983. The molecule has 1 amide bonds. The van der Waals surface area contributed by atoms with Crippen molar-refractivity contribution >= 4 is 23.5 Å². The van der Waals surface area contributed by atoms with Crippen molar-refractivity contribution in [2.45, 2.75) is 18.8 Å². The first-order valence-electron chi connectivity index (χ1n) is 8.83. The molecule has 0 unspecified atom stereocenters. The van der Waals surface area contributed by atoms with Crippen molar-refractivity contribution < 1.29 is 9.53 Å². The molecule has 0 saturated heterocycles. The van der Waals surface area contributed by atoms with Crippen LogP contribution in [0.3, 0.4) is 0 Å². The van der Waals surface area contributed by atoms with E-state index in [9.17, 15) is 4.79 Å². The molecule has 0 fully saturated rings. The van der Waals surface area contributed by atoms with Gasteiger partial charge in [0.2, 0.25) is 5.91 Å². The van der Waals surface area contributed by atoms with E-state index in [-0.39, 0.29) is 11.2 Å². The van der Waals surface area contributed by atoms with E-state index in [0.29, 0.717) is 12.4 Å². The number of hydrogen-bond acceptors (Lipinski definition) is 4. The molecule has 4 rings (SSSR count). The molecule has 2 heterocycles. The number of aromatic nitrogens is 2. The number of nitrogens with zero attached hydrogens (tertiary/aromatic N) is 2. The Kier molecular flexibility index (Phi) is 4.90. The molecule has 27 heavy (non-hydrogen) atoms. The average Bonchev–Trinajstić information content (AvgIpc) is 2.93. The minimum atomic E-state index is -0.0132. The molecular formula is C21H21N3O2S. The molecule has 1 N–H and O–H groups in total. The monoisotopic (exact) mass is 379 g/mol. The van der Waals surface area contributed by atoms with Gasteiger partial charge in [-0.2, -0.15) is 5.10 Å². The van der Waals surface area contributed by atoms with E-state index in [1.165, 1.54) is 11.1 Å². The van der Waals surface area contributed by atoms with Crippen molar-refractivity contribution in [2.75, 3.05) is 11.1 Å². The Hall–Kier alpha value is -2.73. The molecule has 6 heteroatoms. The van der Waals surface area contributed by atoms with E-state index < -0.39 is 0 Å². The summed E-state index contributed by atoms with van der Waals surface area (Å²) in [4.78, 5) is 12.1. The van der Waals surface area contributed by atoms with Crippen LogP contribution in [0.1, 0.15) is 27.5 Å². The minimum absolute atomic E-state index is 0.00865. The number of para-hydroxylation sites is 1. The van der Waals surface area contributed by atoms with Crippen molar-refractivity contribution in [3.05, 3.63) is 77.0 Å². The molecule has 0 spiro atoms. The highest BCUT2D eigenvalue weighted by molar-refractivity contribution is 8.00. The van der Waals surface area contributed by atoms with E-state index in [1.807, 2.05) is 43.6 Å². The van der Waals surface area contributed by atoms with Gasteiger partial charge in [0, 0.05) is 18.2 Å². The van der Waals surface area contributed by atoms with Gasteiger partial charge in [0.1, 0.15) is 18.2 Å². The number of amides is 1. The molecule has 5 nitrogen and oxygen atoms in total. The van der Waals surface area contributed by atoms with Gasteiger partial charge >= 0.3 is 0 Å². The molecule has 3 aromatic rings. The third kappa shape index (κ3) is 3.57. The lowest BCUT2D eigenvalue weighted by Gasteiger charge is -2.19. The Morgan fingerprint density at radius 3 is 2.81 bits per heavy atom. The lowest BCUT2D eigenvalue weighted by Crippen LogP contribution is -2.15. The second-order valence-corrected chi connectivity index (χ2v) is 7.66. The standard InChI is InChI=1S/C21H21N3O2S/c1-14-7-3-4-8-15(14)12-26-18-10-6-5-9-16(18)20-17-11-22-24(2)21(17)23-19(25)13-27-20/h3-11,20H,12-13H2,1-2H3,(H,23,25)/t20-/m1/s1. The second-order valence-electron chi connectivity index (χ2n) is 6.56. The van der Waals surface area contributed by atoms with Crippen LogP contribution in [-0.2, 0) is 18.4 Å². The van der Waals surface area contributed by atoms with Gasteiger partial charge in [-0.3, -0.25) is 9.48 Å². The third-order valence-corrected chi connectivity index (χ3v) is 6.00. The van der Waals surface area contributed by atoms with Crippen LogP contribution in [0.4, 0.5) is 5.82 Å². The molecule has 1 atom stereocenters. The number of rotatable bonds is 4. The molecule has 1 aliphatic heterocycles. The zero-order valence-electron chi connectivity index (χ0n) is 15.3. The number of carbonyl (C=O) groups excluding carboxylic acids is 1. The summed E-state index contributed by atoms with van der Waals surface area (Å²) in [6.45, 7) is 2.60. The van der Waals surface area contributed by atoms with Gasteiger partial charge in [-0.25, -0.2) is 0 Å². The van der Waals surface area contributed by atoms with Crippen LogP contribution >= 0.6 is 11.8 Å². The number of aryl methyl sites for hydroxylation is 2. The normalized spacial score (nSPS) is 16.4. The second kappa shape index (κ2) is 7.48. The number of nitrogens with one attached hydrogen (secondary N) is 1. The average molecular weight is 379 g/mol. The van der Waals surface area contributed by atoms with E-state index >= 15 is 0 Å². The zero-order valence-corrected chi connectivity index (χ0v) is 16.1. The molecule has 0 radical (unpaired) electrons. The van der Waals surface area contributed by atoms with Crippen molar-refractivity contribution in [1.29, 1.82) is 0 Å². The Labute approximate surface area is 162 Å². The maximum Gasteiger partial charge on any atom is 0.235 e. The summed E-state index contributed by atoms with van der Waals surface area (Å²) in [7, 11) is 1.84. The maximum atomic E-state index is 12.1. The smallest absolute Gasteiger partial charge is 0.235 e. The molecule has 0 saturated carbocycles. The summed E-state index contributed by atoms with van der Waals surface area (Å²) in [6, 6.07) is 16.3. The highest BCUT2D eigenvalue weighted by atomic mass is 32.2. The topological polar surface area (TPSA) is 56.1 Å². The zero-order chi connectivity index (χ0) is 18.8. The largest absolute Gasteiger partial charge is 0.489 e. The summed E-state index contributed by atoms with van der Waals surface area (Å²) in [5.41, 5.74) is 4.44. The minimum Gasteiger partial charge on any atom is -0.489 e. The van der Waals surface area contributed by atoms with Crippen molar-refractivity contribution in [3.8, 4) is 5.75 Å². The van der Waals surface area contributed by atoms with E-state index in [2.05, 4.69) is 35.5 Å². The number of anilines is 1. The molecule has 1 aliphatic rings. The van der Waals surface area contributed by atoms with Gasteiger partial charge in [0.25, 0.3) is 0 Å². The Morgan fingerprint density at radius 2 is 1.96 bits per heavy atom. The van der Waals surface area contributed by atoms with Gasteiger partial charge in [-0.05, 0) is 24.1 Å². The number of benzene rings is 2. The highest BCUT2D eigenvalue weighted by Crippen LogP contribution is 2.44. The highest BCUT2D eigenvalue weighted by Gasteiger charge is 2.28. The van der Waals surface area contributed by atoms with Crippen LogP contribution in [0.15, 0.2) is 54.7 Å². The number of hydrogen-bond donors (Lipinski definition) is 1. The number of fused-ring (bicyclic) bond motifs is 1. The Balaban J connectivity index is 1.67. The van der Waals surface area contributed by atoms with Crippen LogP contribution < -0.4 is 10.1 Å². The first kappa shape index (κ1) is 17.7. The lowest BCUT2D eigenvalue weighted by molar-refractivity contribution is -0.113. The first-order valence-corrected chi connectivity index (χ1v) is 9.88. The lowest BCUT2D eigenvalue weighted by atomic mass is 10.1. The number of carbonyl (C=O) groups is 1. The number of thioether (sulfide) groups is 1. The first-order chi connectivity index (χ1) is 13.1. The Morgan fingerprint density at radius 1 is 1.19 bits per heavy atom. The maximum absolute atomic E-state index is 12.1. The van der Waals surface area contributed by atoms with E-state index in [0.717, 1.165) is 22.7 Å². The predicted molar refractivity (Wildman–Crippen MR) is 108 cm³/mol. The molecule has 0 aliphatic carbocycles. The summed E-state index contributed by atoms with van der Waals surface area (Å²) in [5.74, 6) is 1.97. The summed E-state index contributed by atoms with van der Waals surface area (Å²) < 4.78 is 7.91. The summed E-state index contributed by atoms with van der Waals surface area (Å²) in [5, 5.41) is 7.27. The fourth-order valence-electron chi connectivity index (χ4n) is 3.23. The van der Waals surface area contributed by atoms with Gasteiger partial charge < -0.3 is 10.1 Å². The summed E-state index contributed by atoms with van der Waals surface area (Å²) >= 11 is 1.59. The van der Waals surface area contributed by atoms with Crippen molar-refractivity contribution in [3.63, 3.8) is 0 Å². The van der Waals surface area contributed by atoms with Crippen LogP contribution in [0.25, 0.3) is 0 Å². The van der Waals surface area contributed by atoms with Gasteiger partial charge in [0.15, 0.2) is 0 Å². The molecule has 0 bridgehead atoms. The van der Waals surface area contributed by atoms with Crippen LogP contribution in [0, 0.1) is 6.92 Å². The quantitative estimate of drug-likeness (QED) is 0.742. The van der Waals surface area contributed by atoms with Gasteiger partial charge in [-0.1, -0.05) is 42.5 Å². The predicted octanol–water partition coefficient (Wildman–Crippen LogP) is 4.08. The molecule has 2 aromatic carbocycles. The fourth-order valence-corrected chi connectivity index (χ4v) is 4.35. The van der Waals surface area contributed by atoms with Gasteiger partial charge in [-0.15, -0.1) is 11.8 Å². The van der Waals surface area contributed by atoms with Crippen molar-refractivity contribution in [2.24, 2.45) is 7.05 Å². The van der Waals surface area contributed by atoms with Gasteiger partial charge in [0.05, 0.1) is 17.2 Å². The molecular weight excluding hydrogens is 358 g/mol.